The largest absolute Gasteiger partial charge is 0.309 e. The Balaban J connectivity index is 1.45. The summed E-state index contributed by atoms with van der Waals surface area (Å²) in [7, 11) is 0. The highest BCUT2D eigenvalue weighted by atomic mass is 32.1. The molecule has 1 N–H and O–H groups in total. The van der Waals surface area contributed by atoms with E-state index in [1.807, 2.05) is 22.9 Å². The lowest BCUT2D eigenvalue weighted by Crippen LogP contribution is -2.28. The lowest BCUT2D eigenvalue weighted by Gasteiger charge is -2.17. The van der Waals surface area contributed by atoms with Crippen LogP contribution in [0.1, 0.15) is 6.42 Å². The zero-order valence-electron chi connectivity index (χ0n) is 13.5. The van der Waals surface area contributed by atoms with E-state index in [0.29, 0.717) is 5.13 Å². The van der Waals surface area contributed by atoms with Crippen LogP contribution in [0.5, 0.6) is 0 Å². The van der Waals surface area contributed by atoms with Gasteiger partial charge < -0.3 is 10.2 Å². The number of anilines is 2. The van der Waals surface area contributed by atoms with E-state index in [4.69, 9.17) is 0 Å². The van der Waals surface area contributed by atoms with Crippen LogP contribution in [0.25, 0.3) is 10.6 Å². The van der Waals surface area contributed by atoms with Gasteiger partial charge in [0, 0.05) is 18.3 Å². The van der Waals surface area contributed by atoms with Crippen molar-refractivity contribution < 1.29 is 14.0 Å². The van der Waals surface area contributed by atoms with E-state index in [0.717, 1.165) is 10.6 Å². The molecule has 1 aromatic carbocycles. The van der Waals surface area contributed by atoms with Crippen molar-refractivity contribution in [2.45, 2.75) is 6.42 Å². The molecule has 0 radical (unpaired) electrons. The van der Waals surface area contributed by atoms with Gasteiger partial charge in [0.1, 0.15) is 5.82 Å². The Labute approximate surface area is 157 Å². The van der Waals surface area contributed by atoms with Crippen molar-refractivity contribution in [3.05, 3.63) is 53.0 Å². The van der Waals surface area contributed by atoms with Crippen molar-refractivity contribution in [2.24, 2.45) is 5.92 Å². The Hall–Kier alpha value is -2.58. The maximum absolute atomic E-state index is 13.9. The molecule has 3 aromatic rings. The normalized spacial score (nSPS) is 16.9. The molecule has 1 fully saturated rings. The van der Waals surface area contributed by atoms with E-state index in [1.54, 1.807) is 29.5 Å². The smallest absolute Gasteiger partial charge is 0.231 e. The highest BCUT2D eigenvalue weighted by Gasteiger charge is 2.36. The van der Waals surface area contributed by atoms with Crippen LogP contribution >= 0.6 is 22.7 Å². The Kier molecular flexibility index (Phi) is 4.52. The summed E-state index contributed by atoms with van der Waals surface area (Å²) in [6.45, 7) is 0.161. The Morgan fingerprint density at radius 1 is 1.23 bits per heavy atom. The third-order valence-corrected chi connectivity index (χ3v) is 5.80. The highest BCUT2D eigenvalue weighted by Crippen LogP contribution is 2.30. The molecule has 2 amide bonds. The number of nitrogens with zero attached hydrogens (tertiary/aromatic N) is 2. The lowest BCUT2D eigenvalue weighted by atomic mass is 10.1. The molecular formula is C18H14FN3O2S2. The fraction of sp³-hybridized carbons (Fsp3) is 0.167. The van der Waals surface area contributed by atoms with Gasteiger partial charge in [0.2, 0.25) is 11.8 Å². The highest BCUT2D eigenvalue weighted by molar-refractivity contribution is 7.16. The minimum absolute atomic E-state index is 0.0589. The van der Waals surface area contributed by atoms with Crippen molar-refractivity contribution in [3.63, 3.8) is 0 Å². The van der Waals surface area contributed by atoms with Gasteiger partial charge in [0.15, 0.2) is 5.13 Å². The van der Waals surface area contributed by atoms with Crippen LogP contribution in [-0.4, -0.2) is 23.3 Å². The molecule has 4 rings (SSSR count). The number of aromatic nitrogens is 1. The fourth-order valence-corrected chi connectivity index (χ4v) is 4.34. The number of carbonyl (C=O) groups excluding carboxylic acids is 2. The number of para-hydroxylation sites is 1. The molecule has 5 nitrogen and oxygen atoms in total. The Morgan fingerprint density at radius 3 is 2.85 bits per heavy atom. The number of rotatable bonds is 4. The molecule has 1 aliphatic rings. The maximum Gasteiger partial charge on any atom is 0.231 e. The summed E-state index contributed by atoms with van der Waals surface area (Å²) in [6, 6.07) is 9.99. The standard InChI is InChI=1S/C18H14FN3O2S2/c19-12-4-1-2-5-14(12)22-9-11(8-16(22)23)17(24)21-18-20-13(10-26-18)15-6-3-7-25-15/h1-7,10-11H,8-9H2,(H,20,21,24)/t11-/m1/s1. The number of hydrogen-bond acceptors (Lipinski definition) is 5. The van der Waals surface area contributed by atoms with Crippen molar-refractivity contribution in [1.82, 2.24) is 4.98 Å². The number of amides is 2. The number of benzene rings is 1. The molecular weight excluding hydrogens is 373 g/mol. The van der Waals surface area contributed by atoms with E-state index in [-0.39, 0.29) is 30.5 Å². The second kappa shape index (κ2) is 6.97. The van der Waals surface area contributed by atoms with E-state index >= 15 is 0 Å². The maximum atomic E-state index is 13.9. The minimum Gasteiger partial charge on any atom is -0.309 e. The molecule has 0 unspecified atom stereocenters. The van der Waals surface area contributed by atoms with Crippen LogP contribution in [-0.2, 0) is 9.59 Å². The van der Waals surface area contributed by atoms with Crippen molar-refractivity contribution in [1.29, 1.82) is 0 Å². The second-order valence-electron chi connectivity index (χ2n) is 5.86. The van der Waals surface area contributed by atoms with E-state index in [9.17, 15) is 14.0 Å². The first-order valence-electron chi connectivity index (χ1n) is 7.97. The average molecular weight is 387 g/mol. The fourth-order valence-electron chi connectivity index (χ4n) is 2.86. The molecule has 132 valence electrons. The topological polar surface area (TPSA) is 62.3 Å². The summed E-state index contributed by atoms with van der Waals surface area (Å²) < 4.78 is 13.9. The van der Waals surface area contributed by atoms with Gasteiger partial charge in [-0.25, -0.2) is 9.37 Å². The molecule has 1 atom stereocenters. The predicted molar refractivity (Wildman–Crippen MR) is 101 cm³/mol. The first-order valence-corrected chi connectivity index (χ1v) is 9.73. The van der Waals surface area contributed by atoms with Gasteiger partial charge in [-0.2, -0.15) is 0 Å². The minimum atomic E-state index is -0.531. The third-order valence-electron chi connectivity index (χ3n) is 4.15. The van der Waals surface area contributed by atoms with Crippen LogP contribution < -0.4 is 10.2 Å². The zero-order valence-corrected chi connectivity index (χ0v) is 15.1. The molecule has 0 bridgehead atoms. The van der Waals surface area contributed by atoms with Crippen LogP contribution in [0.3, 0.4) is 0 Å². The third kappa shape index (κ3) is 3.25. The number of thiophene rings is 1. The molecule has 8 heteroatoms. The SMILES string of the molecule is O=C(Nc1nc(-c2cccs2)cs1)[C@@H]1CC(=O)N(c2ccccc2F)C1. The molecule has 26 heavy (non-hydrogen) atoms. The first kappa shape index (κ1) is 16.9. The number of nitrogens with one attached hydrogen (secondary N) is 1. The average Bonchev–Trinajstić information content (AvgIpc) is 3.35. The molecule has 1 saturated heterocycles. The van der Waals surface area contributed by atoms with Crippen LogP contribution in [0.4, 0.5) is 15.2 Å². The number of thiazole rings is 1. The van der Waals surface area contributed by atoms with Crippen LogP contribution in [0, 0.1) is 11.7 Å². The lowest BCUT2D eigenvalue weighted by molar-refractivity contribution is -0.122. The van der Waals surface area contributed by atoms with Crippen LogP contribution in [0.2, 0.25) is 0 Å². The van der Waals surface area contributed by atoms with Gasteiger partial charge in [-0.3, -0.25) is 9.59 Å². The summed E-state index contributed by atoms with van der Waals surface area (Å²) in [5.41, 5.74) is 1.03. The van der Waals surface area contributed by atoms with Gasteiger partial charge >= 0.3 is 0 Å². The Bertz CT molecular complexity index is 955. The Morgan fingerprint density at radius 2 is 2.08 bits per heavy atom. The van der Waals surface area contributed by atoms with Gasteiger partial charge in [-0.15, -0.1) is 22.7 Å². The first-order chi connectivity index (χ1) is 12.6. The van der Waals surface area contributed by atoms with Gasteiger partial charge in [0.25, 0.3) is 0 Å². The molecule has 2 aromatic heterocycles. The summed E-state index contributed by atoms with van der Waals surface area (Å²) in [4.78, 5) is 31.5. The number of hydrogen-bond donors (Lipinski definition) is 1. The van der Waals surface area contributed by atoms with Gasteiger partial charge in [-0.05, 0) is 23.6 Å². The van der Waals surface area contributed by atoms with E-state index in [1.165, 1.54) is 22.3 Å². The molecule has 1 aliphatic heterocycles. The van der Waals surface area contributed by atoms with Gasteiger partial charge in [-0.1, -0.05) is 18.2 Å². The van der Waals surface area contributed by atoms with Crippen molar-refractivity contribution in [3.8, 4) is 10.6 Å². The quantitative estimate of drug-likeness (QED) is 0.736. The second-order valence-corrected chi connectivity index (χ2v) is 7.67. The summed E-state index contributed by atoms with van der Waals surface area (Å²) in [5.74, 6) is -1.53. The molecule has 0 aliphatic carbocycles. The summed E-state index contributed by atoms with van der Waals surface area (Å²) >= 11 is 2.92. The van der Waals surface area contributed by atoms with E-state index in [2.05, 4.69) is 10.3 Å². The monoisotopic (exact) mass is 387 g/mol. The summed E-state index contributed by atoms with van der Waals surface area (Å²) in [5, 5.41) is 7.12. The molecule has 3 heterocycles. The van der Waals surface area contributed by atoms with Crippen molar-refractivity contribution in [2.75, 3.05) is 16.8 Å². The number of carbonyl (C=O) groups is 2. The molecule has 0 spiro atoms. The zero-order chi connectivity index (χ0) is 18.1. The summed E-state index contributed by atoms with van der Waals surface area (Å²) in [6.07, 6.45) is 0.0589. The number of halogens is 1. The predicted octanol–water partition coefficient (Wildman–Crippen LogP) is 4.00. The van der Waals surface area contributed by atoms with Crippen LogP contribution in [0.15, 0.2) is 47.2 Å². The van der Waals surface area contributed by atoms with Gasteiger partial charge in [0.05, 0.1) is 22.2 Å². The van der Waals surface area contributed by atoms with E-state index < -0.39 is 11.7 Å². The molecule has 0 saturated carbocycles. The van der Waals surface area contributed by atoms with Crippen molar-refractivity contribution >= 4 is 45.3 Å².